The third kappa shape index (κ3) is 5.21. The van der Waals surface area contributed by atoms with E-state index < -0.39 is 0 Å². The molecule has 278 valence electrons. The second-order valence-corrected chi connectivity index (χ2v) is 16.0. The number of rotatable bonds is 5. The average molecular weight is 758 g/mol. The van der Waals surface area contributed by atoms with Crippen molar-refractivity contribution >= 4 is 43.9 Å². The molecule has 0 bridgehead atoms. The van der Waals surface area contributed by atoms with Crippen LogP contribution >= 0.6 is 0 Å². The van der Waals surface area contributed by atoms with E-state index in [1.807, 2.05) is 72.8 Å². The summed E-state index contributed by atoms with van der Waals surface area (Å²) in [4.78, 5) is 15.4. The van der Waals surface area contributed by atoms with E-state index in [-0.39, 0.29) is 5.41 Å². The number of benzene rings is 8. The standard InChI is InChI=1S/C54H35N3O2/c1-54(2)44-22-8-6-17-38(44)40-20-11-19-37(50(40)54)35-16-10-15-33(29-35)34-25-27-47-43(30-34)49-41(21-12-24-48(49)59-47)53-56-51(32-13-4-3-5-14-32)55-52(57-53)36-26-28-46-42(31-36)39-18-7-9-23-45(39)58-46/h3-31H,1-2H3. The van der Waals surface area contributed by atoms with E-state index in [9.17, 15) is 0 Å². The predicted octanol–water partition coefficient (Wildman–Crippen LogP) is 14.3. The SMILES string of the molecule is CC1(C)c2ccccc2-c2cccc(-c3cccc(-c4ccc5oc6cccc(-c7nc(-c8ccccc8)nc(-c8ccc9oc%10ccccc%10c9c8)n7)c6c5c4)c3)c21. The molecule has 0 unspecified atom stereocenters. The molecule has 1 aliphatic carbocycles. The van der Waals surface area contributed by atoms with Crippen molar-refractivity contribution in [3.05, 3.63) is 187 Å². The molecule has 5 heteroatoms. The van der Waals surface area contributed by atoms with Gasteiger partial charge in [-0.3, -0.25) is 0 Å². The van der Waals surface area contributed by atoms with Gasteiger partial charge in [-0.25, -0.2) is 15.0 Å². The van der Waals surface area contributed by atoms with E-state index in [1.165, 1.54) is 33.4 Å². The fourth-order valence-electron chi connectivity index (χ4n) is 9.35. The first-order chi connectivity index (χ1) is 29.0. The van der Waals surface area contributed by atoms with Gasteiger partial charge in [-0.05, 0) is 93.0 Å². The van der Waals surface area contributed by atoms with Crippen molar-refractivity contribution in [2.75, 3.05) is 0 Å². The molecule has 5 nitrogen and oxygen atoms in total. The topological polar surface area (TPSA) is 65.0 Å². The summed E-state index contributed by atoms with van der Waals surface area (Å²) in [5.74, 6) is 1.76. The third-order valence-corrected chi connectivity index (χ3v) is 12.1. The van der Waals surface area contributed by atoms with Crippen molar-refractivity contribution in [3.63, 3.8) is 0 Å². The van der Waals surface area contributed by atoms with Crippen molar-refractivity contribution in [3.8, 4) is 67.5 Å². The van der Waals surface area contributed by atoms with Crippen molar-refractivity contribution < 1.29 is 8.83 Å². The van der Waals surface area contributed by atoms with Crippen LogP contribution in [0.4, 0.5) is 0 Å². The first-order valence-corrected chi connectivity index (χ1v) is 20.0. The highest BCUT2D eigenvalue weighted by Crippen LogP contribution is 2.52. The molecule has 0 aliphatic heterocycles. The van der Waals surface area contributed by atoms with Gasteiger partial charge < -0.3 is 8.83 Å². The van der Waals surface area contributed by atoms with Crippen molar-refractivity contribution in [2.24, 2.45) is 0 Å². The van der Waals surface area contributed by atoms with Gasteiger partial charge in [0.25, 0.3) is 0 Å². The Morgan fingerprint density at radius 1 is 0.356 bits per heavy atom. The fourth-order valence-corrected chi connectivity index (χ4v) is 9.35. The lowest BCUT2D eigenvalue weighted by atomic mass is 9.78. The van der Waals surface area contributed by atoms with Crippen LogP contribution < -0.4 is 0 Å². The molecule has 0 fully saturated rings. The highest BCUT2D eigenvalue weighted by atomic mass is 16.3. The molecular formula is C54H35N3O2. The maximum atomic E-state index is 6.53. The fraction of sp³-hybridized carbons (Fsp3) is 0.0556. The molecule has 0 N–H and O–H groups in total. The second kappa shape index (κ2) is 12.7. The number of aromatic nitrogens is 3. The summed E-state index contributed by atoms with van der Waals surface area (Å²) in [6.45, 7) is 4.69. The summed E-state index contributed by atoms with van der Waals surface area (Å²) in [7, 11) is 0. The Morgan fingerprint density at radius 3 is 1.81 bits per heavy atom. The first kappa shape index (κ1) is 33.5. The van der Waals surface area contributed by atoms with Crippen LogP contribution in [0.25, 0.3) is 111 Å². The molecule has 3 heterocycles. The van der Waals surface area contributed by atoms with Crippen molar-refractivity contribution in [2.45, 2.75) is 19.3 Å². The van der Waals surface area contributed by atoms with Gasteiger partial charge in [0.2, 0.25) is 0 Å². The molecule has 0 atom stereocenters. The zero-order valence-corrected chi connectivity index (χ0v) is 32.4. The van der Waals surface area contributed by atoms with Gasteiger partial charge in [0.05, 0.1) is 0 Å². The molecule has 0 saturated carbocycles. The minimum absolute atomic E-state index is 0.112. The molecule has 8 aromatic carbocycles. The summed E-state index contributed by atoms with van der Waals surface area (Å²) in [5, 5.41) is 4.05. The molecule has 0 amide bonds. The minimum atomic E-state index is -0.112. The Labute approximate surface area is 340 Å². The molecule has 0 radical (unpaired) electrons. The maximum Gasteiger partial charge on any atom is 0.164 e. The van der Waals surface area contributed by atoms with Crippen LogP contribution in [0.5, 0.6) is 0 Å². The van der Waals surface area contributed by atoms with E-state index >= 15 is 0 Å². The molecule has 0 spiro atoms. The number of hydrogen-bond acceptors (Lipinski definition) is 5. The van der Waals surface area contributed by atoms with E-state index in [4.69, 9.17) is 23.8 Å². The number of para-hydroxylation sites is 1. The van der Waals surface area contributed by atoms with E-state index in [2.05, 4.69) is 117 Å². The molecule has 1 aliphatic rings. The highest BCUT2D eigenvalue weighted by molar-refractivity contribution is 6.13. The molecule has 59 heavy (non-hydrogen) atoms. The lowest BCUT2D eigenvalue weighted by Gasteiger charge is -2.24. The quantitative estimate of drug-likeness (QED) is 0.175. The van der Waals surface area contributed by atoms with Crippen LogP contribution in [0.3, 0.4) is 0 Å². The summed E-state index contributed by atoms with van der Waals surface area (Å²) in [6, 6.07) is 61.4. The van der Waals surface area contributed by atoms with Crippen molar-refractivity contribution in [1.29, 1.82) is 0 Å². The van der Waals surface area contributed by atoms with Gasteiger partial charge >= 0.3 is 0 Å². The van der Waals surface area contributed by atoms with Gasteiger partial charge in [-0.15, -0.1) is 0 Å². The number of nitrogens with zero attached hydrogens (tertiary/aromatic N) is 3. The van der Waals surface area contributed by atoms with Crippen LogP contribution in [-0.4, -0.2) is 15.0 Å². The predicted molar refractivity (Wildman–Crippen MR) is 239 cm³/mol. The highest BCUT2D eigenvalue weighted by Gasteiger charge is 2.37. The van der Waals surface area contributed by atoms with E-state index in [0.29, 0.717) is 17.5 Å². The van der Waals surface area contributed by atoms with Crippen LogP contribution in [0.15, 0.2) is 185 Å². The minimum Gasteiger partial charge on any atom is -0.456 e. The molecule has 12 rings (SSSR count). The Bertz CT molecular complexity index is 3480. The summed E-state index contributed by atoms with van der Waals surface area (Å²) >= 11 is 0. The van der Waals surface area contributed by atoms with Gasteiger partial charge in [0.15, 0.2) is 17.5 Å². The maximum absolute atomic E-state index is 6.53. The zero-order valence-electron chi connectivity index (χ0n) is 32.4. The van der Waals surface area contributed by atoms with Gasteiger partial charge in [-0.2, -0.15) is 0 Å². The number of furan rings is 2. The van der Waals surface area contributed by atoms with Gasteiger partial charge in [0.1, 0.15) is 22.3 Å². The Morgan fingerprint density at radius 2 is 0.915 bits per heavy atom. The van der Waals surface area contributed by atoms with Gasteiger partial charge in [0, 0.05) is 43.7 Å². The van der Waals surface area contributed by atoms with Gasteiger partial charge in [-0.1, -0.05) is 141 Å². The molecule has 3 aromatic heterocycles. The van der Waals surface area contributed by atoms with E-state index in [1.54, 1.807) is 0 Å². The summed E-state index contributed by atoms with van der Waals surface area (Å²) in [6.07, 6.45) is 0. The molecular weight excluding hydrogens is 723 g/mol. The third-order valence-electron chi connectivity index (χ3n) is 12.1. The lowest BCUT2D eigenvalue weighted by Crippen LogP contribution is -2.16. The van der Waals surface area contributed by atoms with E-state index in [0.717, 1.165) is 71.7 Å². The average Bonchev–Trinajstić information content (AvgIpc) is 3.93. The monoisotopic (exact) mass is 757 g/mol. The summed E-state index contributed by atoms with van der Waals surface area (Å²) < 4.78 is 12.7. The van der Waals surface area contributed by atoms with Crippen LogP contribution in [0.2, 0.25) is 0 Å². The van der Waals surface area contributed by atoms with Crippen LogP contribution in [0, 0.1) is 0 Å². The first-order valence-electron chi connectivity index (χ1n) is 20.0. The molecule has 0 saturated heterocycles. The number of hydrogen-bond donors (Lipinski definition) is 0. The largest absolute Gasteiger partial charge is 0.456 e. The smallest absolute Gasteiger partial charge is 0.164 e. The Balaban J connectivity index is 1.01. The Hall–Kier alpha value is -7.63. The second-order valence-electron chi connectivity index (χ2n) is 16.0. The Kier molecular flexibility index (Phi) is 7.20. The van der Waals surface area contributed by atoms with Crippen LogP contribution in [-0.2, 0) is 5.41 Å². The van der Waals surface area contributed by atoms with Crippen LogP contribution in [0.1, 0.15) is 25.0 Å². The zero-order chi connectivity index (χ0) is 39.2. The number of fused-ring (bicyclic) bond motifs is 9. The van der Waals surface area contributed by atoms with Crippen molar-refractivity contribution in [1.82, 2.24) is 15.0 Å². The lowest BCUT2D eigenvalue weighted by molar-refractivity contribution is 0.662. The summed E-state index contributed by atoms with van der Waals surface area (Å²) in [5.41, 5.74) is 15.9. The normalized spacial score (nSPS) is 13.1. The molecule has 11 aromatic rings.